The predicted molar refractivity (Wildman–Crippen MR) is 256 cm³/mol. The second kappa shape index (κ2) is 14.7. The Morgan fingerprint density at radius 3 is 1.23 bits per heavy atom. The number of benzene rings is 9. The highest BCUT2D eigenvalue weighted by Crippen LogP contribution is 2.47. The number of hydrogen-bond donors (Lipinski definition) is 0. The summed E-state index contributed by atoms with van der Waals surface area (Å²) >= 11 is 0. The summed E-state index contributed by atoms with van der Waals surface area (Å²) in [5.41, 5.74) is 14.2. The first kappa shape index (κ1) is 35.5. The van der Waals surface area contributed by atoms with E-state index >= 15 is 0 Å². The van der Waals surface area contributed by atoms with Crippen LogP contribution in [0.25, 0.3) is 111 Å². The molecule has 5 nitrogen and oxygen atoms in total. The molecule has 0 bridgehead atoms. The second-order valence-electron chi connectivity index (χ2n) is 15.6. The molecule has 5 heteroatoms. The standard InChI is InChI=1S/C57H37N5/c1-7-19-38(20-8-1)42-31-33-47-50(35-42)62(45-29-17-6-18-30-45)54-48(39-21-9-2-10-22-39)37-51-52(53(47)54)46-34-32-43(36-49(46)61(51)44-27-15-5-16-28-44)57-59-55(40-23-11-3-12-24-40)58-56(60-57)41-25-13-4-14-26-41/h1-37H. The SMILES string of the molecule is c1ccc(-c2ccc3c4c5c6ccc(-c7nc(-c8ccccc8)nc(-c8ccccc8)n7)cc6n(-c6ccccc6)c5cc(-c5ccccc5)c4n(-c4ccccc4)c3c2)cc1. The molecule has 0 unspecified atom stereocenters. The molecule has 62 heavy (non-hydrogen) atoms. The van der Waals surface area contributed by atoms with Crippen molar-refractivity contribution < 1.29 is 0 Å². The molecule has 3 heterocycles. The molecule has 9 aromatic carbocycles. The summed E-state index contributed by atoms with van der Waals surface area (Å²) < 4.78 is 4.89. The van der Waals surface area contributed by atoms with E-state index in [-0.39, 0.29) is 0 Å². The predicted octanol–water partition coefficient (Wildman–Crippen LogP) is 14.4. The van der Waals surface area contributed by atoms with Crippen LogP contribution in [-0.2, 0) is 0 Å². The Bertz CT molecular complexity index is 3520. The highest BCUT2D eigenvalue weighted by Gasteiger charge is 2.25. The van der Waals surface area contributed by atoms with E-state index in [9.17, 15) is 0 Å². The third kappa shape index (κ3) is 5.90. The smallest absolute Gasteiger partial charge is 0.164 e. The molecule has 3 aromatic heterocycles. The Labute approximate surface area is 358 Å². The molecule has 0 N–H and O–H groups in total. The summed E-state index contributed by atoms with van der Waals surface area (Å²) in [5.74, 6) is 1.89. The lowest BCUT2D eigenvalue weighted by atomic mass is 9.97. The van der Waals surface area contributed by atoms with Gasteiger partial charge in [0.2, 0.25) is 0 Å². The Kier molecular flexibility index (Phi) is 8.42. The van der Waals surface area contributed by atoms with Gasteiger partial charge in [-0.05, 0) is 59.2 Å². The van der Waals surface area contributed by atoms with E-state index in [1.807, 2.05) is 36.4 Å². The van der Waals surface area contributed by atoms with Crippen LogP contribution in [0.1, 0.15) is 0 Å². The van der Waals surface area contributed by atoms with Gasteiger partial charge in [0, 0.05) is 55.2 Å². The molecule has 0 aliphatic rings. The molecule has 0 amide bonds. The summed E-state index contributed by atoms with van der Waals surface area (Å²) in [5, 5.41) is 4.75. The number of fused-ring (bicyclic) bond motifs is 7. The van der Waals surface area contributed by atoms with Crippen molar-refractivity contribution in [1.82, 2.24) is 24.1 Å². The van der Waals surface area contributed by atoms with Gasteiger partial charge in [0.05, 0.1) is 22.1 Å². The van der Waals surface area contributed by atoms with Gasteiger partial charge < -0.3 is 9.13 Å². The zero-order valence-corrected chi connectivity index (χ0v) is 33.6. The van der Waals surface area contributed by atoms with Crippen molar-refractivity contribution in [2.45, 2.75) is 0 Å². The highest BCUT2D eigenvalue weighted by atomic mass is 15.0. The average Bonchev–Trinajstić information content (AvgIpc) is 3.87. The summed E-state index contributed by atoms with van der Waals surface area (Å²) in [6, 6.07) is 79.4. The molecule has 0 radical (unpaired) electrons. The first-order chi connectivity index (χ1) is 30.8. The van der Waals surface area contributed by atoms with Crippen molar-refractivity contribution in [2.75, 3.05) is 0 Å². The van der Waals surface area contributed by atoms with Crippen LogP contribution in [0, 0.1) is 0 Å². The number of para-hydroxylation sites is 2. The monoisotopic (exact) mass is 791 g/mol. The lowest BCUT2D eigenvalue weighted by Crippen LogP contribution is -2.00. The molecule has 0 aliphatic carbocycles. The van der Waals surface area contributed by atoms with Crippen molar-refractivity contribution in [3.8, 4) is 67.8 Å². The Balaban J connectivity index is 1.22. The van der Waals surface area contributed by atoms with E-state index in [4.69, 9.17) is 15.0 Å². The van der Waals surface area contributed by atoms with Gasteiger partial charge in [0.15, 0.2) is 17.5 Å². The van der Waals surface area contributed by atoms with Crippen LogP contribution in [0.2, 0.25) is 0 Å². The van der Waals surface area contributed by atoms with Gasteiger partial charge in [0.25, 0.3) is 0 Å². The zero-order valence-electron chi connectivity index (χ0n) is 33.6. The minimum atomic E-state index is 0.619. The summed E-state index contributed by atoms with van der Waals surface area (Å²) in [4.78, 5) is 15.3. The fraction of sp³-hybridized carbons (Fsp3) is 0. The summed E-state index contributed by atoms with van der Waals surface area (Å²) in [6.45, 7) is 0. The fourth-order valence-corrected chi connectivity index (χ4v) is 9.13. The van der Waals surface area contributed by atoms with Crippen molar-refractivity contribution in [1.29, 1.82) is 0 Å². The van der Waals surface area contributed by atoms with Crippen LogP contribution in [-0.4, -0.2) is 24.1 Å². The van der Waals surface area contributed by atoms with Gasteiger partial charge in [-0.1, -0.05) is 182 Å². The van der Waals surface area contributed by atoms with Gasteiger partial charge in [-0.25, -0.2) is 15.0 Å². The molecule has 290 valence electrons. The number of nitrogens with zero attached hydrogens (tertiary/aromatic N) is 5. The third-order valence-electron chi connectivity index (χ3n) is 11.9. The molecule has 12 aromatic rings. The maximum Gasteiger partial charge on any atom is 0.164 e. The van der Waals surface area contributed by atoms with E-state index < -0.39 is 0 Å². The third-order valence-corrected chi connectivity index (χ3v) is 11.9. The first-order valence-corrected chi connectivity index (χ1v) is 21.0. The van der Waals surface area contributed by atoms with Crippen LogP contribution in [0.3, 0.4) is 0 Å². The van der Waals surface area contributed by atoms with Crippen molar-refractivity contribution >= 4 is 43.6 Å². The van der Waals surface area contributed by atoms with Crippen molar-refractivity contribution in [3.63, 3.8) is 0 Å². The topological polar surface area (TPSA) is 48.5 Å². The van der Waals surface area contributed by atoms with Crippen LogP contribution >= 0.6 is 0 Å². The van der Waals surface area contributed by atoms with Gasteiger partial charge >= 0.3 is 0 Å². The lowest BCUT2D eigenvalue weighted by Gasteiger charge is -2.14. The van der Waals surface area contributed by atoms with E-state index in [2.05, 4.69) is 197 Å². The number of hydrogen-bond acceptors (Lipinski definition) is 3. The molecular weight excluding hydrogens is 755 g/mol. The molecular formula is C57H37N5. The normalized spacial score (nSPS) is 11.5. The maximum absolute atomic E-state index is 5.14. The molecule has 0 aliphatic heterocycles. The maximum atomic E-state index is 5.14. The minimum Gasteiger partial charge on any atom is -0.309 e. The van der Waals surface area contributed by atoms with Gasteiger partial charge in [-0.2, -0.15) is 0 Å². The molecule has 0 saturated heterocycles. The summed E-state index contributed by atoms with van der Waals surface area (Å²) in [6.07, 6.45) is 0. The second-order valence-corrected chi connectivity index (χ2v) is 15.6. The van der Waals surface area contributed by atoms with Crippen molar-refractivity contribution in [2.24, 2.45) is 0 Å². The first-order valence-electron chi connectivity index (χ1n) is 21.0. The number of rotatable bonds is 7. The quantitative estimate of drug-likeness (QED) is 0.162. The van der Waals surface area contributed by atoms with Gasteiger partial charge in [-0.15, -0.1) is 0 Å². The van der Waals surface area contributed by atoms with Crippen LogP contribution in [0.15, 0.2) is 224 Å². The fourth-order valence-electron chi connectivity index (χ4n) is 9.13. The van der Waals surface area contributed by atoms with E-state index in [1.54, 1.807) is 0 Å². The average molecular weight is 792 g/mol. The van der Waals surface area contributed by atoms with E-state index in [0.29, 0.717) is 17.5 Å². The van der Waals surface area contributed by atoms with Crippen LogP contribution < -0.4 is 0 Å². The number of aromatic nitrogens is 5. The highest BCUT2D eigenvalue weighted by molar-refractivity contribution is 6.31. The Morgan fingerprint density at radius 1 is 0.274 bits per heavy atom. The molecule has 0 atom stereocenters. The van der Waals surface area contributed by atoms with E-state index in [1.165, 1.54) is 32.8 Å². The lowest BCUT2D eigenvalue weighted by molar-refractivity contribution is 1.07. The summed E-state index contributed by atoms with van der Waals surface area (Å²) in [7, 11) is 0. The molecule has 0 fully saturated rings. The molecule has 0 saturated carbocycles. The van der Waals surface area contributed by atoms with Crippen LogP contribution in [0.4, 0.5) is 0 Å². The zero-order chi connectivity index (χ0) is 41.0. The largest absolute Gasteiger partial charge is 0.309 e. The Hall–Kier alpha value is -8.41. The minimum absolute atomic E-state index is 0.619. The van der Waals surface area contributed by atoms with Crippen LogP contribution in [0.5, 0.6) is 0 Å². The van der Waals surface area contributed by atoms with Gasteiger partial charge in [0.1, 0.15) is 0 Å². The molecule has 12 rings (SSSR count). The molecule has 0 spiro atoms. The van der Waals surface area contributed by atoms with Crippen molar-refractivity contribution in [3.05, 3.63) is 224 Å². The Morgan fingerprint density at radius 2 is 0.677 bits per heavy atom. The van der Waals surface area contributed by atoms with Gasteiger partial charge in [-0.3, -0.25) is 0 Å². The van der Waals surface area contributed by atoms with E-state index in [0.717, 1.165) is 61.1 Å².